The van der Waals surface area contributed by atoms with Crippen LogP contribution in [-0.4, -0.2) is 29.0 Å². The second kappa shape index (κ2) is 11.9. The lowest BCUT2D eigenvalue weighted by Gasteiger charge is -2.36. The molecule has 4 rings (SSSR count). The van der Waals surface area contributed by atoms with Gasteiger partial charge in [-0.1, -0.05) is 56.1 Å². The second-order valence-corrected chi connectivity index (χ2v) is 17.0. The Morgan fingerprint density at radius 1 is 0.950 bits per heavy atom. The van der Waals surface area contributed by atoms with Crippen molar-refractivity contribution < 1.29 is 9.16 Å². The maximum atomic E-state index is 14.0. The van der Waals surface area contributed by atoms with Crippen molar-refractivity contribution in [1.29, 1.82) is 0 Å². The van der Waals surface area contributed by atoms with Crippen molar-refractivity contribution in [2.45, 2.75) is 58.5 Å². The van der Waals surface area contributed by atoms with Gasteiger partial charge in [-0.2, -0.15) is 0 Å². The van der Waals surface area contributed by atoms with Crippen molar-refractivity contribution in [3.63, 3.8) is 0 Å². The van der Waals surface area contributed by atoms with Gasteiger partial charge < -0.3 is 9.16 Å². The number of pyridine rings is 1. The topological polar surface area (TPSA) is 75.3 Å². The molecule has 0 atom stereocenters. The van der Waals surface area contributed by atoms with E-state index in [4.69, 9.17) is 32.4 Å². The summed E-state index contributed by atoms with van der Waals surface area (Å²) in [4.78, 5) is 31.9. The summed E-state index contributed by atoms with van der Waals surface area (Å²) >= 11 is 12.2. The van der Waals surface area contributed by atoms with Gasteiger partial charge in [0.2, 0.25) is 0 Å². The lowest BCUT2D eigenvalue weighted by atomic mass is 10.0. The van der Waals surface area contributed by atoms with Crippen LogP contribution in [0.5, 0.6) is 5.75 Å². The number of halogens is 2. The minimum atomic E-state index is -1.94. The van der Waals surface area contributed by atoms with Crippen LogP contribution in [0.2, 0.25) is 28.2 Å². The van der Waals surface area contributed by atoms with Gasteiger partial charge >= 0.3 is 5.69 Å². The zero-order valence-corrected chi connectivity index (χ0v) is 26.3. The first-order chi connectivity index (χ1) is 18.8. The molecule has 212 valence electrons. The number of nitrogens with zero attached hydrogens (tertiary/aromatic N) is 3. The molecule has 0 aliphatic carbocycles. The minimum absolute atomic E-state index is 0.0614. The van der Waals surface area contributed by atoms with Gasteiger partial charge in [0.05, 0.1) is 22.8 Å². The molecule has 0 spiro atoms. The van der Waals surface area contributed by atoms with Crippen LogP contribution in [-0.2, 0) is 24.6 Å². The van der Waals surface area contributed by atoms with Crippen LogP contribution >= 0.6 is 23.2 Å². The summed E-state index contributed by atoms with van der Waals surface area (Å²) in [5.74, 6) is 0.594. The molecule has 0 unspecified atom stereocenters. The van der Waals surface area contributed by atoms with Crippen LogP contribution in [0, 0.1) is 0 Å². The van der Waals surface area contributed by atoms with E-state index in [2.05, 4.69) is 38.8 Å². The molecule has 2 heterocycles. The van der Waals surface area contributed by atoms with Crippen LogP contribution in [0.4, 0.5) is 0 Å². The van der Waals surface area contributed by atoms with Gasteiger partial charge in [0.1, 0.15) is 12.4 Å². The molecule has 40 heavy (non-hydrogen) atoms. The number of ether oxygens (including phenoxy) is 1. The second-order valence-electron chi connectivity index (χ2n) is 11.4. The minimum Gasteiger partial charge on any atom is -0.489 e. The molecule has 2 aromatic heterocycles. The molecule has 2 aromatic carbocycles. The fraction of sp³-hybridized carbons (Fsp3) is 0.367. The third-order valence-electron chi connectivity index (χ3n) is 7.61. The van der Waals surface area contributed by atoms with Crippen molar-refractivity contribution in [3.8, 4) is 17.0 Å². The number of aromatic nitrogens is 3. The van der Waals surface area contributed by atoms with Gasteiger partial charge in [0.15, 0.2) is 8.32 Å². The highest BCUT2D eigenvalue weighted by atomic mass is 35.5. The highest BCUT2D eigenvalue weighted by Crippen LogP contribution is 2.36. The molecule has 0 N–H and O–H groups in total. The van der Waals surface area contributed by atoms with E-state index in [0.717, 1.165) is 5.56 Å². The summed E-state index contributed by atoms with van der Waals surface area (Å²) in [6, 6.07) is 14.2. The van der Waals surface area contributed by atoms with E-state index in [-0.39, 0.29) is 23.7 Å². The van der Waals surface area contributed by atoms with Crippen LogP contribution in [0.3, 0.4) is 0 Å². The average molecular weight is 601 g/mol. The highest BCUT2D eigenvalue weighted by Gasteiger charge is 2.36. The Balaban J connectivity index is 1.78. The molecule has 0 fully saturated rings. The Morgan fingerprint density at radius 2 is 1.55 bits per heavy atom. The number of benzene rings is 2. The van der Waals surface area contributed by atoms with Crippen molar-refractivity contribution in [2.24, 2.45) is 7.05 Å². The van der Waals surface area contributed by atoms with E-state index >= 15 is 0 Å². The summed E-state index contributed by atoms with van der Waals surface area (Å²) in [6.07, 6.45) is 2.11. The molecule has 0 amide bonds. The summed E-state index contributed by atoms with van der Waals surface area (Å²) in [5, 5.41) is 1.65. The normalized spacial score (nSPS) is 12.2. The summed E-state index contributed by atoms with van der Waals surface area (Å²) in [6.45, 7) is 11.7. The maximum Gasteiger partial charge on any atom is 0.331 e. The van der Waals surface area contributed by atoms with Gasteiger partial charge in [0.25, 0.3) is 5.56 Å². The van der Waals surface area contributed by atoms with Crippen LogP contribution < -0.4 is 16.0 Å². The Hall–Kier alpha value is -2.91. The number of hydrogen-bond donors (Lipinski definition) is 0. The molecular formula is C30H35Cl2N3O4Si. The maximum absolute atomic E-state index is 14.0. The fourth-order valence-corrected chi connectivity index (χ4v) is 5.53. The first-order valence-electron chi connectivity index (χ1n) is 13.2. The van der Waals surface area contributed by atoms with E-state index in [1.54, 1.807) is 49.6 Å². The standard InChI is InChI=1S/C30H35Cl2N3O4Si/c1-30(2,3)40(5,6)39-17-7-16-35-28(36)26-24(19-38-23-14-12-22(32)13-15-23)27(20-8-10-21(31)11-9-20)33-18-25(26)34(4)29(35)37/h8-15,18H,7,16-17,19H2,1-6H3. The molecule has 0 bridgehead atoms. The van der Waals surface area contributed by atoms with Gasteiger partial charge in [-0.05, 0) is 61.0 Å². The number of aryl methyl sites for hydroxylation is 1. The zero-order valence-electron chi connectivity index (χ0n) is 23.8. The van der Waals surface area contributed by atoms with Gasteiger partial charge in [-0.3, -0.25) is 18.9 Å². The Labute approximate surface area is 245 Å². The monoisotopic (exact) mass is 599 g/mol. The average Bonchev–Trinajstić information content (AvgIpc) is 2.90. The summed E-state index contributed by atoms with van der Waals surface area (Å²) in [7, 11) is -0.290. The zero-order chi connectivity index (χ0) is 29.2. The van der Waals surface area contributed by atoms with E-state index in [1.807, 2.05) is 12.1 Å². The summed E-state index contributed by atoms with van der Waals surface area (Å²) in [5.41, 5.74) is 1.62. The number of rotatable bonds is 9. The number of fused-ring (bicyclic) bond motifs is 1. The smallest absolute Gasteiger partial charge is 0.331 e. The molecule has 4 aromatic rings. The first kappa shape index (κ1) is 30.1. The van der Waals surface area contributed by atoms with E-state index < -0.39 is 14.0 Å². The van der Waals surface area contributed by atoms with E-state index in [0.29, 0.717) is 51.0 Å². The predicted molar refractivity (Wildman–Crippen MR) is 165 cm³/mol. The lowest BCUT2D eigenvalue weighted by molar-refractivity contribution is 0.273. The van der Waals surface area contributed by atoms with Crippen molar-refractivity contribution in [2.75, 3.05) is 6.61 Å². The van der Waals surface area contributed by atoms with Crippen LogP contribution in [0.25, 0.3) is 22.2 Å². The summed E-state index contributed by atoms with van der Waals surface area (Å²) < 4.78 is 15.1. The van der Waals surface area contributed by atoms with Gasteiger partial charge in [-0.15, -0.1) is 0 Å². The lowest BCUT2D eigenvalue weighted by Crippen LogP contribution is -2.42. The molecule has 0 radical (unpaired) electrons. The van der Waals surface area contributed by atoms with E-state index in [9.17, 15) is 9.59 Å². The molecule has 0 saturated heterocycles. The van der Waals surface area contributed by atoms with Gasteiger partial charge in [0, 0.05) is 41.4 Å². The first-order valence-corrected chi connectivity index (χ1v) is 16.9. The van der Waals surface area contributed by atoms with Gasteiger partial charge in [-0.25, -0.2) is 4.79 Å². The Morgan fingerprint density at radius 3 is 2.15 bits per heavy atom. The molecule has 10 heteroatoms. The van der Waals surface area contributed by atoms with E-state index in [1.165, 1.54) is 9.13 Å². The number of hydrogen-bond acceptors (Lipinski definition) is 5. The van der Waals surface area contributed by atoms with Crippen molar-refractivity contribution >= 4 is 42.4 Å². The quantitative estimate of drug-likeness (QED) is 0.152. The predicted octanol–water partition coefficient (Wildman–Crippen LogP) is 7.06. The molecule has 7 nitrogen and oxygen atoms in total. The third-order valence-corrected chi connectivity index (χ3v) is 12.6. The van der Waals surface area contributed by atoms with Crippen molar-refractivity contribution in [3.05, 3.63) is 91.2 Å². The Bertz CT molecular complexity index is 1620. The molecule has 0 aliphatic heterocycles. The van der Waals surface area contributed by atoms with Crippen LogP contribution in [0.15, 0.2) is 64.3 Å². The molecule has 0 aliphatic rings. The highest BCUT2D eigenvalue weighted by molar-refractivity contribution is 6.74. The van der Waals surface area contributed by atoms with Crippen LogP contribution in [0.1, 0.15) is 32.8 Å². The fourth-order valence-electron chi connectivity index (χ4n) is 4.19. The SMILES string of the molecule is Cn1c(=O)n(CCCO[Si](C)(C)C(C)(C)C)c(=O)c2c(COc3ccc(Cl)cc3)c(-c3ccc(Cl)cc3)ncc21. The van der Waals surface area contributed by atoms with Crippen molar-refractivity contribution in [1.82, 2.24) is 14.1 Å². The molecule has 0 saturated carbocycles. The third kappa shape index (κ3) is 6.36. The largest absolute Gasteiger partial charge is 0.489 e. The molecular weight excluding hydrogens is 565 g/mol. The Kier molecular flexibility index (Phi) is 8.95.